The van der Waals surface area contributed by atoms with Crippen LogP contribution in [-0.4, -0.2) is 17.0 Å². The van der Waals surface area contributed by atoms with Gasteiger partial charge in [0.2, 0.25) is 5.91 Å². The van der Waals surface area contributed by atoms with Crippen LogP contribution in [0.25, 0.3) is 0 Å². The molecule has 0 spiro atoms. The lowest BCUT2D eigenvalue weighted by Crippen LogP contribution is -2.36. The summed E-state index contributed by atoms with van der Waals surface area (Å²) in [6.45, 7) is 0. The third kappa shape index (κ3) is 3.34. The summed E-state index contributed by atoms with van der Waals surface area (Å²) in [4.78, 5) is 23.2. The minimum atomic E-state index is -1.41. The van der Waals surface area contributed by atoms with Gasteiger partial charge in [0.05, 0.1) is 17.5 Å². The Balaban J connectivity index is 2.19. The average Bonchev–Trinajstić information content (AvgIpc) is 2.44. The van der Waals surface area contributed by atoms with Crippen LogP contribution >= 0.6 is 0 Å². The van der Waals surface area contributed by atoms with E-state index >= 15 is 0 Å². The van der Waals surface area contributed by atoms with Gasteiger partial charge in [0.15, 0.2) is 11.6 Å². The Kier molecular flexibility index (Phi) is 4.50. The molecule has 1 amide bonds. The molecule has 0 radical (unpaired) electrons. The number of anilines is 1. The molecule has 0 bridgehead atoms. The predicted molar refractivity (Wildman–Crippen MR) is 68.0 cm³/mol. The van der Waals surface area contributed by atoms with Gasteiger partial charge < -0.3 is 10.4 Å². The lowest BCUT2D eigenvalue weighted by Gasteiger charge is -2.27. The first kappa shape index (κ1) is 15.3. The summed E-state index contributed by atoms with van der Waals surface area (Å²) in [6, 6.07) is 1.03. The number of amides is 1. The second-order valence-corrected chi connectivity index (χ2v) is 5.07. The monoisotopic (exact) mass is 301 g/mol. The highest BCUT2D eigenvalue weighted by atomic mass is 19.2. The van der Waals surface area contributed by atoms with Crippen molar-refractivity contribution in [3.63, 3.8) is 0 Å². The summed E-state index contributed by atoms with van der Waals surface area (Å²) < 4.78 is 39.6. The van der Waals surface area contributed by atoms with Crippen molar-refractivity contribution < 1.29 is 27.9 Å². The van der Waals surface area contributed by atoms with Crippen LogP contribution in [0.3, 0.4) is 0 Å². The molecule has 7 heteroatoms. The van der Waals surface area contributed by atoms with Crippen LogP contribution in [0.4, 0.5) is 18.9 Å². The number of carboxylic acids is 1. The minimum Gasteiger partial charge on any atom is -0.481 e. The van der Waals surface area contributed by atoms with Gasteiger partial charge >= 0.3 is 5.97 Å². The molecule has 2 N–H and O–H groups in total. The molecule has 1 saturated carbocycles. The largest absolute Gasteiger partial charge is 0.481 e. The number of nitrogens with one attached hydrogen (secondary N) is 1. The first-order valence-electron chi connectivity index (χ1n) is 6.58. The van der Waals surface area contributed by atoms with E-state index in [9.17, 15) is 22.8 Å². The van der Waals surface area contributed by atoms with Gasteiger partial charge in [0.25, 0.3) is 0 Å². The van der Waals surface area contributed by atoms with Crippen molar-refractivity contribution >= 4 is 17.6 Å². The van der Waals surface area contributed by atoms with Gasteiger partial charge in [-0.05, 0) is 12.8 Å². The Bertz CT molecular complexity index is 577. The van der Waals surface area contributed by atoms with Crippen LogP contribution in [0.5, 0.6) is 0 Å². The van der Waals surface area contributed by atoms with E-state index in [0.717, 1.165) is 0 Å². The van der Waals surface area contributed by atoms with Gasteiger partial charge in [-0.15, -0.1) is 0 Å². The fourth-order valence-electron chi connectivity index (χ4n) is 2.61. The highest BCUT2D eigenvalue weighted by Gasteiger charge is 2.36. The number of carboxylic acid groups (broad SMARTS) is 1. The number of rotatable bonds is 3. The summed E-state index contributed by atoms with van der Waals surface area (Å²) in [7, 11) is 0. The summed E-state index contributed by atoms with van der Waals surface area (Å²) >= 11 is 0. The number of hydrogen-bond acceptors (Lipinski definition) is 2. The Morgan fingerprint density at radius 1 is 1.10 bits per heavy atom. The molecular weight excluding hydrogens is 287 g/mol. The molecule has 2 unspecified atom stereocenters. The van der Waals surface area contributed by atoms with Crippen molar-refractivity contribution in [1.82, 2.24) is 0 Å². The lowest BCUT2D eigenvalue weighted by atomic mass is 9.78. The molecule has 2 atom stereocenters. The summed E-state index contributed by atoms with van der Waals surface area (Å²) in [5, 5.41) is 11.2. The Labute approximate surface area is 119 Å². The maximum atomic E-state index is 13.5. The van der Waals surface area contributed by atoms with Crippen molar-refractivity contribution in [2.75, 3.05) is 5.32 Å². The number of hydrogen-bond donors (Lipinski definition) is 2. The van der Waals surface area contributed by atoms with E-state index in [0.29, 0.717) is 37.8 Å². The van der Waals surface area contributed by atoms with Crippen LogP contribution < -0.4 is 5.32 Å². The zero-order chi connectivity index (χ0) is 15.6. The standard InChI is InChI=1S/C14H14F3NO3/c15-7-5-10(16)12(17)11(6-7)18-13(19)8-3-1-2-4-9(8)14(20)21/h5-6,8-9H,1-4H2,(H,18,19)(H,20,21). The molecule has 1 aromatic rings. The minimum absolute atomic E-state index is 0.349. The molecule has 21 heavy (non-hydrogen) atoms. The Hall–Kier alpha value is -2.05. The number of benzene rings is 1. The average molecular weight is 301 g/mol. The summed E-state index contributed by atoms with van der Waals surface area (Å²) in [6.07, 6.45) is 2.08. The molecule has 1 aliphatic rings. The van der Waals surface area contributed by atoms with E-state index in [1.807, 2.05) is 0 Å². The zero-order valence-corrected chi connectivity index (χ0v) is 11.0. The van der Waals surface area contributed by atoms with Crippen molar-refractivity contribution in [1.29, 1.82) is 0 Å². The van der Waals surface area contributed by atoms with E-state index < -0.39 is 46.9 Å². The molecule has 114 valence electrons. The molecular formula is C14H14F3NO3. The molecule has 1 fully saturated rings. The molecule has 0 aromatic heterocycles. The topological polar surface area (TPSA) is 66.4 Å². The van der Waals surface area contributed by atoms with Crippen molar-refractivity contribution in [3.8, 4) is 0 Å². The highest BCUT2D eigenvalue weighted by Crippen LogP contribution is 2.31. The van der Waals surface area contributed by atoms with Gasteiger partial charge in [-0.1, -0.05) is 12.8 Å². The summed E-state index contributed by atoms with van der Waals surface area (Å²) in [5.74, 6) is -7.33. The second kappa shape index (κ2) is 6.15. The van der Waals surface area contributed by atoms with E-state index in [4.69, 9.17) is 5.11 Å². The maximum Gasteiger partial charge on any atom is 0.307 e. The van der Waals surface area contributed by atoms with Gasteiger partial charge in [-0.25, -0.2) is 13.2 Å². The van der Waals surface area contributed by atoms with Gasteiger partial charge in [0.1, 0.15) is 5.82 Å². The lowest BCUT2D eigenvalue weighted by molar-refractivity contribution is -0.147. The van der Waals surface area contributed by atoms with Crippen LogP contribution in [0.1, 0.15) is 25.7 Å². The third-order valence-electron chi connectivity index (χ3n) is 3.67. The molecule has 0 saturated heterocycles. The van der Waals surface area contributed by atoms with Gasteiger partial charge in [-0.2, -0.15) is 0 Å². The second-order valence-electron chi connectivity index (χ2n) is 5.07. The Morgan fingerprint density at radius 3 is 2.33 bits per heavy atom. The number of halogens is 3. The summed E-state index contributed by atoms with van der Waals surface area (Å²) in [5.41, 5.74) is -0.618. The quantitative estimate of drug-likeness (QED) is 0.844. The van der Waals surface area contributed by atoms with Crippen LogP contribution in [-0.2, 0) is 9.59 Å². The smallest absolute Gasteiger partial charge is 0.307 e. The van der Waals surface area contributed by atoms with Crippen LogP contribution in [0, 0.1) is 29.3 Å². The third-order valence-corrected chi connectivity index (χ3v) is 3.67. The van der Waals surface area contributed by atoms with Crippen molar-refractivity contribution in [2.24, 2.45) is 11.8 Å². The van der Waals surface area contributed by atoms with E-state index in [1.54, 1.807) is 0 Å². The normalized spacial score (nSPS) is 21.9. The van der Waals surface area contributed by atoms with Crippen LogP contribution in [0.2, 0.25) is 0 Å². The molecule has 0 aliphatic heterocycles. The highest BCUT2D eigenvalue weighted by molar-refractivity contribution is 5.95. The fraction of sp³-hybridized carbons (Fsp3) is 0.429. The number of aliphatic carboxylic acids is 1. The van der Waals surface area contributed by atoms with E-state index in [1.165, 1.54) is 0 Å². The molecule has 0 heterocycles. The maximum absolute atomic E-state index is 13.5. The van der Waals surface area contributed by atoms with Gasteiger partial charge in [-0.3, -0.25) is 9.59 Å². The SMILES string of the molecule is O=C(O)C1CCCCC1C(=O)Nc1cc(F)cc(F)c1F. The van der Waals surface area contributed by atoms with Crippen molar-refractivity contribution in [2.45, 2.75) is 25.7 Å². The number of carbonyl (C=O) groups is 2. The van der Waals surface area contributed by atoms with E-state index in [2.05, 4.69) is 5.32 Å². The van der Waals surface area contributed by atoms with E-state index in [-0.39, 0.29) is 0 Å². The van der Waals surface area contributed by atoms with Crippen LogP contribution in [0.15, 0.2) is 12.1 Å². The fourth-order valence-corrected chi connectivity index (χ4v) is 2.61. The first-order valence-corrected chi connectivity index (χ1v) is 6.58. The molecule has 4 nitrogen and oxygen atoms in total. The van der Waals surface area contributed by atoms with Gasteiger partial charge in [0, 0.05) is 12.1 Å². The number of carbonyl (C=O) groups excluding carboxylic acids is 1. The predicted octanol–water partition coefficient (Wildman–Crippen LogP) is 2.93. The molecule has 1 aliphatic carbocycles. The van der Waals surface area contributed by atoms with Crippen molar-refractivity contribution in [3.05, 3.63) is 29.6 Å². The first-order chi connectivity index (χ1) is 9.90. The molecule has 1 aromatic carbocycles. The zero-order valence-electron chi connectivity index (χ0n) is 11.0. The molecule has 2 rings (SSSR count). The Morgan fingerprint density at radius 2 is 1.71 bits per heavy atom.